The Morgan fingerprint density at radius 3 is 2.71 bits per heavy atom. The number of nitrogens with zero attached hydrogens (tertiary/aromatic N) is 4. The second-order valence-electron chi connectivity index (χ2n) is 7.42. The van der Waals surface area contributed by atoms with Crippen molar-refractivity contribution in [3.05, 3.63) is 42.2 Å². The van der Waals surface area contributed by atoms with Crippen LogP contribution in [0.3, 0.4) is 0 Å². The molecule has 0 bridgehead atoms. The Labute approximate surface area is 164 Å². The van der Waals surface area contributed by atoms with Crippen LogP contribution in [0, 0.1) is 5.82 Å². The molecule has 0 radical (unpaired) electrons. The van der Waals surface area contributed by atoms with Crippen molar-refractivity contribution in [3.8, 4) is 11.4 Å². The van der Waals surface area contributed by atoms with Gasteiger partial charge in [-0.25, -0.2) is 14.4 Å². The molecule has 7 nitrogen and oxygen atoms in total. The van der Waals surface area contributed by atoms with Gasteiger partial charge in [-0.05, 0) is 39.4 Å². The predicted molar refractivity (Wildman–Crippen MR) is 108 cm³/mol. The molecule has 8 heteroatoms. The first-order valence-corrected chi connectivity index (χ1v) is 9.47. The van der Waals surface area contributed by atoms with Crippen LogP contribution in [-0.2, 0) is 5.60 Å². The van der Waals surface area contributed by atoms with Gasteiger partial charge in [-0.2, -0.15) is 0 Å². The number of halogens is 1. The van der Waals surface area contributed by atoms with E-state index in [9.17, 15) is 9.50 Å². The molecule has 3 heterocycles. The van der Waals surface area contributed by atoms with E-state index < -0.39 is 11.4 Å². The number of anilines is 1. The van der Waals surface area contributed by atoms with Crippen molar-refractivity contribution < 1.29 is 9.50 Å². The third-order valence-corrected chi connectivity index (χ3v) is 4.56. The van der Waals surface area contributed by atoms with Gasteiger partial charge in [0.1, 0.15) is 5.60 Å². The SMILES string of the molecule is CCCC(CNC)Nc1nc(-c2cnc3cnc(C(C)(C)O)cn23)ccc1F. The third-order valence-electron chi connectivity index (χ3n) is 4.56. The fourth-order valence-corrected chi connectivity index (χ4v) is 3.09. The molecule has 0 aliphatic heterocycles. The molecular formula is C20H27FN6O. The maximum Gasteiger partial charge on any atom is 0.165 e. The molecule has 0 fully saturated rings. The first-order valence-electron chi connectivity index (χ1n) is 9.47. The van der Waals surface area contributed by atoms with Crippen molar-refractivity contribution in [1.82, 2.24) is 24.7 Å². The largest absolute Gasteiger partial charge is 0.384 e. The van der Waals surface area contributed by atoms with Crippen molar-refractivity contribution in [1.29, 1.82) is 0 Å². The van der Waals surface area contributed by atoms with Gasteiger partial charge in [-0.1, -0.05) is 13.3 Å². The van der Waals surface area contributed by atoms with E-state index in [1.54, 1.807) is 42.9 Å². The van der Waals surface area contributed by atoms with Crippen molar-refractivity contribution in [2.24, 2.45) is 0 Å². The van der Waals surface area contributed by atoms with Gasteiger partial charge in [0.2, 0.25) is 0 Å². The topological polar surface area (TPSA) is 87.4 Å². The van der Waals surface area contributed by atoms with Crippen LogP contribution in [0.1, 0.15) is 39.3 Å². The van der Waals surface area contributed by atoms with E-state index >= 15 is 0 Å². The van der Waals surface area contributed by atoms with E-state index in [0.717, 1.165) is 19.4 Å². The Morgan fingerprint density at radius 1 is 1.25 bits per heavy atom. The fraction of sp³-hybridized carbons (Fsp3) is 0.450. The molecule has 0 saturated heterocycles. The van der Waals surface area contributed by atoms with Gasteiger partial charge in [-0.3, -0.25) is 9.38 Å². The summed E-state index contributed by atoms with van der Waals surface area (Å²) in [6, 6.07) is 3.12. The van der Waals surface area contributed by atoms with Crippen molar-refractivity contribution >= 4 is 11.5 Å². The summed E-state index contributed by atoms with van der Waals surface area (Å²) >= 11 is 0. The first-order chi connectivity index (χ1) is 13.3. The summed E-state index contributed by atoms with van der Waals surface area (Å²) in [6.45, 7) is 6.16. The lowest BCUT2D eigenvalue weighted by molar-refractivity contribution is 0.0734. The Kier molecular flexibility index (Phi) is 5.90. The highest BCUT2D eigenvalue weighted by molar-refractivity contribution is 5.62. The molecule has 1 unspecified atom stereocenters. The number of aromatic nitrogens is 4. The third kappa shape index (κ3) is 4.28. The Bertz CT molecular complexity index is 944. The van der Waals surface area contributed by atoms with E-state index in [0.29, 0.717) is 22.7 Å². The summed E-state index contributed by atoms with van der Waals surface area (Å²) in [4.78, 5) is 13.1. The summed E-state index contributed by atoms with van der Waals surface area (Å²) in [5, 5.41) is 16.6. The molecule has 0 amide bonds. The van der Waals surface area contributed by atoms with Crippen molar-refractivity contribution in [2.75, 3.05) is 18.9 Å². The van der Waals surface area contributed by atoms with Crippen LogP contribution < -0.4 is 10.6 Å². The maximum absolute atomic E-state index is 14.4. The minimum absolute atomic E-state index is 0.0837. The van der Waals surface area contributed by atoms with Crippen LogP contribution in [0.15, 0.2) is 30.7 Å². The van der Waals surface area contributed by atoms with Gasteiger partial charge in [0.25, 0.3) is 0 Å². The second-order valence-corrected chi connectivity index (χ2v) is 7.42. The monoisotopic (exact) mass is 386 g/mol. The number of likely N-dealkylation sites (N-methyl/N-ethyl adjacent to an activating group) is 1. The van der Waals surface area contributed by atoms with Crippen LogP contribution in [0.25, 0.3) is 17.0 Å². The number of nitrogens with one attached hydrogen (secondary N) is 2. The average Bonchev–Trinajstić information content (AvgIpc) is 3.06. The first kappa shape index (κ1) is 20.2. The van der Waals surface area contributed by atoms with Crippen LogP contribution in [0.4, 0.5) is 10.2 Å². The highest BCUT2D eigenvalue weighted by Crippen LogP contribution is 2.25. The molecular weight excluding hydrogens is 359 g/mol. The van der Waals surface area contributed by atoms with E-state index in [2.05, 4.69) is 32.5 Å². The van der Waals surface area contributed by atoms with Gasteiger partial charge in [-0.15, -0.1) is 0 Å². The van der Waals surface area contributed by atoms with Gasteiger partial charge < -0.3 is 15.7 Å². The highest BCUT2D eigenvalue weighted by atomic mass is 19.1. The molecule has 28 heavy (non-hydrogen) atoms. The molecule has 3 aromatic heterocycles. The Hall–Kier alpha value is -2.58. The highest BCUT2D eigenvalue weighted by Gasteiger charge is 2.20. The van der Waals surface area contributed by atoms with E-state index in [-0.39, 0.29) is 11.9 Å². The zero-order valence-electron chi connectivity index (χ0n) is 16.7. The number of aliphatic hydroxyl groups is 1. The summed E-state index contributed by atoms with van der Waals surface area (Å²) in [6.07, 6.45) is 6.90. The van der Waals surface area contributed by atoms with Crippen molar-refractivity contribution in [3.63, 3.8) is 0 Å². The summed E-state index contributed by atoms with van der Waals surface area (Å²) < 4.78 is 16.2. The molecule has 0 aliphatic carbocycles. The molecule has 0 aliphatic rings. The van der Waals surface area contributed by atoms with Gasteiger partial charge in [0.05, 0.1) is 29.5 Å². The fourth-order valence-electron chi connectivity index (χ4n) is 3.09. The summed E-state index contributed by atoms with van der Waals surface area (Å²) in [5.74, 6) is -0.174. The lowest BCUT2D eigenvalue weighted by Gasteiger charge is -2.19. The molecule has 0 saturated carbocycles. The number of fused-ring (bicyclic) bond motifs is 1. The van der Waals surface area contributed by atoms with Gasteiger partial charge >= 0.3 is 0 Å². The average molecular weight is 386 g/mol. The maximum atomic E-state index is 14.4. The van der Waals surface area contributed by atoms with Gasteiger partial charge in [0.15, 0.2) is 17.3 Å². The molecule has 3 rings (SSSR count). The van der Waals surface area contributed by atoms with Gasteiger partial charge in [0, 0.05) is 18.8 Å². The standard InChI is InChI=1S/C20H27FN6O/c1-5-6-13(9-22-4)25-19-14(21)7-8-15(26-19)16-10-24-18-11-23-17(12-27(16)18)20(2,3)28/h7-8,10-13,22,28H,5-6,9H2,1-4H3,(H,25,26). The molecule has 0 aromatic carbocycles. The quantitative estimate of drug-likeness (QED) is 0.552. The smallest absolute Gasteiger partial charge is 0.165 e. The van der Waals surface area contributed by atoms with E-state index in [1.807, 2.05) is 7.05 Å². The zero-order valence-corrected chi connectivity index (χ0v) is 16.7. The second kappa shape index (κ2) is 8.20. The number of rotatable bonds is 8. The van der Waals surface area contributed by atoms with Crippen LogP contribution in [0.5, 0.6) is 0 Å². The number of hydrogen-bond donors (Lipinski definition) is 3. The zero-order chi connectivity index (χ0) is 20.3. The minimum atomic E-state index is -1.08. The van der Waals surface area contributed by atoms with E-state index in [4.69, 9.17) is 0 Å². The summed E-state index contributed by atoms with van der Waals surface area (Å²) in [7, 11) is 1.87. The molecule has 150 valence electrons. The molecule has 3 aromatic rings. The minimum Gasteiger partial charge on any atom is -0.384 e. The Balaban J connectivity index is 2.00. The lowest BCUT2D eigenvalue weighted by Crippen LogP contribution is -2.31. The number of hydrogen-bond acceptors (Lipinski definition) is 6. The molecule has 3 N–H and O–H groups in total. The Morgan fingerprint density at radius 2 is 2.04 bits per heavy atom. The summed E-state index contributed by atoms with van der Waals surface area (Å²) in [5.41, 5.74) is 1.34. The molecule has 0 spiro atoms. The number of pyridine rings is 1. The predicted octanol–water partition coefficient (Wildman–Crippen LogP) is 2.96. The van der Waals surface area contributed by atoms with Crippen molar-refractivity contribution in [2.45, 2.75) is 45.3 Å². The number of imidazole rings is 1. The van der Waals surface area contributed by atoms with Crippen LogP contribution in [-0.4, -0.2) is 44.1 Å². The normalized spacial score (nSPS) is 13.1. The molecule has 1 atom stereocenters. The van der Waals surface area contributed by atoms with E-state index in [1.165, 1.54) is 6.07 Å². The van der Waals surface area contributed by atoms with Crippen LogP contribution in [0.2, 0.25) is 0 Å². The van der Waals surface area contributed by atoms with Crippen LogP contribution >= 0.6 is 0 Å². The lowest BCUT2D eigenvalue weighted by atomic mass is 10.1.